The summed E-state index contributed by atoms with van der Waals surface area (Å²) >= 11 is 0. The standard InChI is InChI=1S/C18H23NO2/c1-11-6-9-16(20-4)15(10-11)17(19)14-8-7-12(2)13(3)18(14)21-5/h6-10,17H,19H2,1-5H3. The van der Waals surface area contributed by atoms with Crippen molar-refractivity contribution < 1.29 is 9.47 Å². The number of methoxy groups -OCH3 is 2. The van der Waals surface area contributed by atoms with Gasteiger partial charge in [-0.3, -0.25) is 0 Å². The van der Waals surface area contributed by atoms with Crippen LogP contribution in [-0.4, -0.2) is 14.2 Å². The van der Waals surface area contributed by atoms with Crippen LogP contribution < -0.4 is 15.2 Å². The molecule has 0 aliphatic carbocycles. The van der Waals surface area contributed by atoms with Crippen molar-refractivity contribution in [1.82, 2.24) is 0 Å². The van der Waals surface area contributed by atoms with Crippen LogP contribution in [0.4, 0.5) is 0 Å². The average Bonchev–Trinajstić information content (AvgIpc) is 2.49. The van der Waals surface area contributed by atoms with Crippen molar-refractivity contribution >= 4 is 0 Å². The monoisotopic (exact) mass is 285 g/mol. The van der Waals surface area contributed by atoms with E-state index in [1.165, 1.54) is 5.56 Å². The second-order valence-electron chi connectivity index (χ2n) is 5.35. The summed E-state index contributed by atoms with van der Waals surface area (Å²) in [4.78, 5) is 0. The van der Waals surface area contributed by atoms with E-state index >= 15 is 0 Å². The van der Waals surface area contributed by atoms with Crippen LogP contribution in [0.3, 0.4) is 0 Å². The molecule has 0 saturated heterocycles. The summed E-state index contributed by atoms with van der Waals surface area (Å²) in [6.07, 6.45) is 0. The molecule has 112 valence electrons. The summed E-state index contributed by atoms with van der Waals surface area (Å²) in [7, 11) is 3.35. The third-order valence-corrected chi connectivity index (χ3v) is 3.97. The van der Waals surface area contributed by atoms with Crippen LogP contribution in [0, 0.1) is 20.8 Å². The van der Waals surface area contributed by atoms with Crippen molar-refractivity contribution in [3.05, 3.63) is 58.1 Å². The molecule has 0 radical (unpaired) electrons. The van der Waals surface area contributed by atoms with E-state index in [1.807, 2.05) is 25.1 Å². The van der Waals surface area contributed by atoms with Gasteiger partial charge in [0.1, 0.15) is 11.5 Å². The molecule has 0 spiro atoms. The topological polar surface area (TPSA) is 44.5 Å². The second-order valence-corrected chi connectivity index (χ2v) is 5.35. The molecule has 21 heavy (non-hydrogen) atoms. The zero-order valence-corrected chi connectivity index (χ0v) is 13.4. The summed E-state index contributed by atoms with van der Waals surface area (Å²) in [5, 5.41) is 0. The number of hydrogen-bond donors (Lipinski definition) is 1. The van der Waals surface area contributed by atoms with E-state index in [9.17, 15) is 0 Å². The molecule has 0 aliphatic heterocycles. The Morgan fingerprint density at radius 3 is 2.24 bits per heavy atom. The lowest BCUT2D eigenvalue weighted by Gasteiger charge is -2.21. The molecule has 0 amide bonds. The highest BCUT2D eigenvalue weighted by Crippen LogP contribution is 2.36. The van der Waals surface area contributed by atoms with Gasteiger partial charge in [0.15, 0.2) is 0 Å². The van der Waals surface area contributed by atoms with Gasteiger partial charge in [-0.25, -0.2) is 0 Å². The molecule has 2 N–H and O–H groups in total. The molecule has 0 aromatic heterocycles. The first-order valence-corrected chi connectivity index (χ1v) is 7.03. The minimum Gasteiger partial charge on any atom is -0.496 e. The second kappa shape index (κ2) is 6.19. The van der Waals surface area contributed by atoms with Crippen molar-refractivity contribution in [2.24, 2.45) is 5.73 Å². The van der Waals surface area contributed by atoms with Gasteiger partial charge in [0, 0.05) is 11.1 Å². The highest BCUT2D eigenvalue weighted by molar-refractivity contribution is 5.52. The number of hydrogen-bond acceptors (Lipinski definition) is 3. The molecule has 2 aromatic carbocycles. The van der Waals surface area contributed by atoms with E-state index in [4.69, 9.17) is 15.2 Å². The van der Waals surface area contributed by atoms with Crippen LogP contribution in [0.1, 0.15) is 33.9 Å². The minimum atomic E-state index is -0.283. The van der Waals surface area contributed by atoms with Gasteiger partial charge in [-0.2, -0.15) is 0 Å². The van der Waals surface area contributed by atoms with Crippen LogP contribution >= 0.6 is 0 Å². The normalized spacial score (nSPS) is 12.1. The smallest absolute Gasteiger partial charge is 0.127 e. The van der Waals surface area contributed by atoms with Crippen molar-refractivity contribution in [3.8, 4) is 11.5 Å². The first-order valence-electron chi connectivity index (χ1n) is 7.03. The van der Waals surface area contributed by atoms with Crippen molar-refractivity contribution in [2.45, 2.75) is 26.8 Å². The molecule has 3 nitrogen and oxygen atoms in total. The van der Waals surface area contributed by atoms with E-state index in [-0.39, 0.29) is 6.04 Å². The Balaban J connectivity index is 2.57. The van der Waals surface area contributed by atoms with Gasteiger partial charge in [0.25, 0.3) is 0 Å². The zero-order chi connectivity index (χ0) is 15.6. The Morgan fingerprint density at radius 1 is 0.905 bits per heavy atom. The lowest BCUT2D eigenvalue weighted by atomic mass is 9.93. The van der Waals surface area contributed by atoms with Crippen LogP contribution in [0.15, 0.2) is 30.3 Å². The lowest BCUT2D eigenvalue weighted by molar-refractivity contribution is 0.398. The van der Waals surface area contributed by atoms with Gasteiger partial charge >= 0.3 is 0 Å². The first-order chi connectivity index (χ1) is 9.99. The van der Waals surface area contributed by atoms with Crippen molar-refractivity contribution in [1.29, 1.82) is 0 Å². The Kier molecular flexibility index (Phi) is 4.53. The molecule has 2 aromatic rings. The minimum absolute atomic E-state index is 0.283. The van der Waals surface area contributed by atoms with E-state index in [1.54, 1.807) is 14.2 Å². The van der Waals surface area contributed by atoms with E-state index in [0.717, 1.165) is 33.8 Å². The van der Waals surface area contributed by atoms with Crippen LogP contribution in [0.25, 0.3) is 0 Å². The van der Waals surface area contributed by atoms with E-state index in [2.05, 4.69) is 26.0 Å². The van der Waals surface area contributed by atoms with Gasteiger partial charge in [-0.05, 0) is 38.0 Å². The molecule has 2 rings (SSSR count). The summed E-state index contributed by atoms with van der Waals surface area (Å²) in [6, 6.07) is 9.88. The van der Waals surface area contributed by atoms with Crippen LogP contribution in [-0.2, 0) is 0 Å². The highest BCUT2D eigenvalue weighted by Gasteiger charge is 2.19. The predicted molar refractivity (Wildman–Crippen MR) is 86.2 cm³/mol. The largest absolute Gasteiger partial charge is 0.496 e. The fraction of sp³-hybridized carbons (Fsp3) is 0.333. The maximum absolute atomic E-state index is 6.50. The Labute approximate surface area is 126 Å². The molecule has 1 atom stereocenters. The lowest BCUT2D eigenvalue weighted by Crippen LogP contribution is -2.15. The number of nitrogens with two attached hydrogens (primary N) is 1. The maximum Gasteiger partial charge on any atom is 0.127 e. The van der Waals surface area contributed by atoms with Crippen molar-refractivity contribution in [3.63, 3.8) is 0 Å². The quantitative estimate of drug-likeness (QED) is 0.932. The predicted octanol–water partition coefficient (Wildman–Crippen LogP) is 3.68. The maximum atomic E-state index is 6.50. The molecule has 0 saturated carbocycles. The molecule has 3 heteroatoms. The molecule has 1 unspecified atom stereocenters. The Bertz CT molecular complexity index is 650. The third-order valence-electron chi connectivity index (χ3n) is 3.97. The van der Waals surface area contributed by atoms with Gasteiger partial charge < -0.3 is 15.2 Å². The Hall–Kier alpha value is -2.00. The summed E-state index contributed by atoms with van der Waals surface area (Å²) in [5.74, 6) is 1.65. The summed E-state index contributed by atoms with van der Waals surface area (Å²) in [5.41, 5.74) is 11.9. The number of benzene rings is 2. The fourth-order valence-electron chi connectivity index (χ4n) is 2.59. The van der Waals surface area contributed by atoms with Crippen LogP contribution in [0.2, 0.25) is 0 Å². The van der Waals surface area contributed by atoms with Crippen molar-refractivity contribution in [2.75, 3.05) is 14.2 Å². The molecule has 0 fully saturated rings. The summed E-state index contributed by atoms with van der Waals surface area (Å²) < 4.78 is 11.0. The van der Waals surface area contributed by atoms with Gasteiger partial charge in [0.2, 0.25) is 0 Å². The number of aryl methyl sites for hydroxylation is 2. The molecule has 0 bridgehead atoms. The third kappa shape index (κ3) is 2.88. The fourth-order valence-corrected chi connectivity index (χ4v) is 2.59. The average molecular weight is 285 g/mol. The van der Waals surface area contributed by atoms with Crippen LogP contribution in [0.5, 0.6) is 11.5 Å². The number of ether oxygens (including phenoxy) is 2. The van der Waals surface area contributed by atoms with Gasteiger partial charge in [-0.15, -0.1) is 0 Å². The van der Waals surface area contributed by atoms with Gasteiger partial charge in [0.05, 0.1) is 20.3 Å². The first kappa shape index (κ1) is 15.4. The summed E-state index contributed by atoms with van der Waals surface area (Å²) in [6.45, 7) is 6.17. The Morgan fingerprint density at radius 2 is 1.62 bits per heavy atom. The SMILES string of the molecule is COc1ccc(C)cc1C(N)c1ccc(C)c(C)c1OC. The zero-order valence-electron chi connectivity index (χ0n) is 13.4. The van der Waals surface area contributed by atoms with E-state index in [0.29, 0.717) is 0 Å². The van der Waals surface area contributed by atoms with E-state index < -0.39 is 0 Å². The molecular weight excluding hydrogens is 262 g/mol. The van der Waals surface area contributed by atoms with Gasteiger partial charge in [-0.1, -0.05) is 29.8 Å². The number of rotatable bonds is 4. The molecule has 0 heterocycles. The molecular formula is C18H23NO2. The highest BCUT2D eigenvalue weighted by atomic mass is 16.5. The molecule has 0 aliphatic rings.